The number of fused-ring (bicyclic) bond motifs is 1. The van der Waals surface area contributed by atoms with E-state index in [0.29, 0.717) is 48.9 Å². The zero-order valence-corrected chi connectivity index (χ0v) is 19.7. The van der Waals surface area contributed by atoms with Crippen molar-refractivity contribution in [3.63, 3.8) is 0 Å². The summed E-state index contributed by atoms with van der Waals surface area (Å²) < 4.78 is 6.06. The van der Waals surface area contributed by atoms with Crippen molar-refractivity contribution in [3.05, 3.63) is 107 Å². The van der Waals surface area contributed by atoms with Crippen LogP contribution in [-0.4, -0.2) is 47.8 Å². The maximum absolute atomic E-state index is 13.2. The average molecular weight is 469 g/mol. The van der Waals surface area contributed by atoms with Gasteiger partial charge in [0, 0.05) is 42.9 Å². The first kappa shape index (κ1) is 22.5. The normalized spacial score (nSPS) is 16.7. The highest BCUT2D eigenvalue weighted by atomic mass is 16.5. The zero-order chi connectivity index (χ0) is 24.4. The average Bonchev–Trinajstić information content (AvgIpc) is 3.32. The number of rotatable bonds is 5. The maximum atomic E-state index is 13.2. The lowest BCUT2D eigenvalue weighted by atomic mass is 10.1. The van der Waals surface area contributed by atoms with E-state index in [4.69, 9.17) is 4.74 Å². The molecule has 1 atom stereocenters. The SMILES string of the molecule is C=C(NC(=O)c1ccccc1C)N1CCN(C(=O)c2ccc3c(c2)OC(c2ccccc2)N3)CC1. The summed E-state index contributed by atoms with van der Waals surface area (Å²) in [6, 6.07) is 22.9. The first-order chi connectivity index (χ1) is 17.0. The van der Waals surface area contributed by atoms with E-state index in [-0.39, 0.29) is 18.0 Å². The molecule has 35 heavy (non-hydrogen) atoms. The van der Waals surface area contributed by atoms with Gasteiger partial charge in [0.25, 0.3) is 11.8 Å². The molecule has 7 heteroatoms. The van der Waals surface area contributed by atoms with Gasteiger partial charge >= 0.3 is 0 Å². The first-order valence-electron chi connectivity index (χ1n) is 11.7. The smallest absolute Gasteiger partial charge is 0.257 e. The molecule has 2 amide bonds. The number of benzene rings is 3. The predicted octanol–water partition coefficient (Wildman–Crippen LogP) is 4.16. The van der Waals surface area contributed by atoms with E-state index in [9.17, 15) is 9.59 Å². The molecule has 2 aliphatic rings. The van der Waals surface area contributed by atoms with Crippen molar-refractivity contribution in [2.75, 3.05) is 31.5 Å². The number of nitrogens with one attached hydrogen (secondary N) is 2. The molecule has 3 aromatic rings. The molecule has 0 saturated carbocycles. The number of nitrogens with zero attached hydrogens (tertiary/aromatic N) is 2. The van der Waals surface area contributed by atoms with E-state index < -0.39 is 0 Å². The third-order valence-corrected chi connectivity index (χ3v) is 6.46. The Morgan fingerprint density at radius 2 is 1.63 bits per heavy atom. The van der Waals surface area contributed by atoms with Gasteiger partial charge in [-0.3, -0.25) is 9.59 Å². The van der Waals surface area contributed by atoms with Gasteiger partial charge in [0.05, 0.1) is 5.69 Å². The van der Waals surface area contributed by atoms with Crippen LogP contribution in [0.2, 0.25) is 0 Å². The Hall–Kier alpha value is -4.26. The predicted molar refractivity (Wildman–Crippen MR) is 135 cm³/mol. The van der Waals surface area contributed by atoms with Crippen molar-refractivity contribution in [2.24, 2.45) is 0 Å². The van der Waals surface area contributed by atoms with Crippen LogP contribution in [0.3, 0.4) is 0 Å². The lowest BCUT2D eigenvalue weighted by Gasteiger charge is -2.37. The lowest BCUT2D eigenvalue weighted by molar-refractivity contribution is 0.0656. The van der Waals surface area contributed by atoms with E-state index in [0.717, 1.165) is 16.8 Å². The number of amides is 2. The molecule has 5 rings (SSSR count). The summed E-state index contributed by atoms with van der Waals surface area (Å²) in [4.78, 5) is 29.6. The third-order valence-electron chi connectivity index (χ3n) is 6.46. The summed E-state index contributed by atoms with van der Waals surface area (Å²) in [6.45, 7) is 8.22. The van der Waals surface area contributed by atoms with Gasteiger partial charge in [-0.2, -0.15) is 0 Å². The number of hydrogen-bond donors (Lipinski definition) is 2. The van der Waals surface area contributed by atoms with Crippen molar-refractivity contribution in [3.8, 4) is 5.75 Å². The molecular formula is C28H28N4O3. The number of carbonyl (C=O) groups is 2. The topological polar surface area (TPSA) is 73.9 Å². The largest absolute Gasteiger partial charge is 0.464 e. The van der Waals surface area contributed by atoms with Crippen LogP contribution in [0.5, 0.6) is 5.75 Å². The van der Waals surface area contributed by atoms with Crippen LogP contribution in [0.15, 0.2) is 85.2 Å². The molecule has 1 fully saturated rings. The molecule has 2 heterocycles. The second kappa shape index (κ2) is 9.54. The standard InChI is InChI=1S/C28H28N4O3/c1-19-8-6-7-11-23(19)26(33)29-20(2)31-14-16-32(17-15-31)28(34)22-12-13-24-25(18-22)35-27(30-24)21-9-4-3-5-10-21/h3-13,18,27,30H,2,14-17H2,1H3,(H,29,33). The Bertz CT molecular complexity index is 1270. The van der Waals surface area contributed by atoms with Crippen molar-refractivity contribution in [2.45, 2.75) is 13.2 Å². The molecule has 0 radical (unpaired) electrons. The van der Waals surface area contributed by atoms with Gasteiger partial charge in [0.15, 0.2) is 6.23 Å². The number of carbonyl (C=O) groups excluding carboxylic acids is 2. The summed E-state index contributed by atoms with van der Waals surface area (Å²) >= 11 is 0. The monoisotopic (exact) mass is 468 g/mol. The highest BCUT2D eigenvalue weighted by Gasteiger charge is 2.27. The van der Waals surface area contributed by atoms with E-state index in [1.807, 2.05) is 77.4 Å². The van der Waals surface area contributed by atoms with Gasteiger partial charge in [-0.1, -0.05) is 55.1 Å². The van der Waals surface area contributed by atoms with Crippen LogP contribution >= 0.6 is 0 Å². The highest BCUT2D eigenvalue weighted by Crippen LogP contribution is 2.38. The molecule has 1 unspecified atom stereocenters. The fourth-order valence-electron chi connectivity index (χ4n) is 4.42. The molecule has 7 nitrogen and oxygen atoms in total. The molecule has 2 N–H and O–H groups in total. The Labute approximate surface area is 205 Å². The first-order valence-corrected chi connectivity index (χ1v) is 11.7. The molecular weight excluding hydrogens is 440 g/mol. The van der Waals surface area contributed by atoms with Gasteiger partial charge in [0.2, 0.25) is 0 Å². The van der Waals surface area contributed by atoms with Gasteiger partial charge in [-0.15, -0.1) is 0 Å². The summed E-state index contributed by atoms with van der Waals surface area (Å²) in [7, 11) is 0. The van der Waals surface area contributed by atoms with Crippen molar-refractivity contribution < 1.29 is 14.3 Å². The molecule has 0 aromatic heterocycles. The van der Waals surface area contributed by atoms with Crippen LogP contribution in [-0.2, 0) is 0 Å². The summed E-state index contributed by atoms with van der Waals surface area (Å²) in [6.07, 6.45) is -0.263. The second-order valence-electron chi connectivity index (χ2n) is 8.76. The van der Waals surface area contributed by atoms with Crippen LogP contribution < -0.4 is 15.4 Å². The minimum absolute atomic E-state index is 0.0335. The van der Waals surface area contributed by atoms with E-state index in [1.165, 1.54) is 0 Å². The van der Waals surface area contributed by atoms with E-state index in [1.54, 1.807) is 12.1 Å². The minimum atomic E-state index is -0.263. The van der Waals surface area contributed by atoms with Crippen molar-refractivity contribution in [1.29, 1.82) is 0 Å². The Morgan fingerprint density at radius 1 is 0.943 bits per heavy atom. The summed E-state index contributed by atoms with van der Waals surface area (Å²) in [5, 5.41) is 6.24. The number of piperazine rings is 1. The zero-order valence-electron chi connectivity index (χ0n) is 19.7. The molecule has 178 valence electrons. The van der Waals surface area contributed by atoms with Gasteiger partial charge in [-0.25, -0.2) is 0 Å². The van der Waals surface area contributed by atoms with E-state index >= 15 is 0 Å². The third kappa shape index (κ3) is 4.71. The number of ether oxygens (including phenoxy) is 1. The maximum Gasteiger partial charge on any atom is 0.257 e. The lowest BCUT2D eigenvalue weighted by Crippen LogP contribution is -2.50. The van der Waals surface area contributed by atoms with Crippen molar-refractivity contribution in [1.82, 2.24) is 15.1 Å². The summed E-state index contributed by atoms with van der Waals surface area (Å²) in [5.41, 5.74) is 4.05. The van der Waals surface area contributed by atoms with Crippen LogP contribution in [0.25, 0.3) is 0 Å². The van der Waals surface area contributed by atoms with Crippen LogP contribution in [0.1, 0.15) is 38.1 Å². The van der Waals surface area contributed by atoms with Crippen molar-refractivity contribution >= 4 is 17.5 Å². The second-order valence-corrected chi connectivity index (χ2v) is 8.76. The summed E-state index contributed by atoms with van der Waals surface area (Å²) in [5.74, 6) is 1.02. The number of hydrogen-bond acceptors (Lipinski definition) is 5. The minimum Gasteiger partial charge on any atom is -0.464 e. The Balaban J connectivity index is 1.17. The Morgan fingerprint density at radius 3 is 2.37 bits per heavy atom. The molecule has 0 bridgehead atoms. The van der Waals surface area contributed by atoms with Crippen LogP contribution in [0, 0.1) is 6.92 Å². The highest BCUT2D eigenvalue weighted by molar-refractivity contribution is 5.97. The quantitative estimate of drug-likeness (QED) is 0.588. The fourth-order valence-corrected chi connectivity index (χ4v) is 4.42. The molecule has 0 spiro atoms. The molecule has 1 saturated heterocycles. The van der Waals surface area contributed by atoms with E-state index in [2.05, 4.69) is 17.2 Å². The molecule has 3 aromatic carbocycles. The van der Waals surface area contributed by atoms with Crippen LogP contribution in [0.4, 0.5) is 5.69 Å². The Kier molecular flexibility index (Phi) is 6.14. The van der Waals surface area contributed by atoms with Gasteiger partial charge in [0.1, 0.15) is 11.6 Å². The number of anilines is 1. The molecule has 2 aliphatic heterocycles. The van der Waals surface area contributed by atoms with Gasteiger partial charge < -0.3 is 25.2 Å². The van der Waals surface area contributed by atoms with Gasteiger partial charge in [-0.05, 0) is 36.8 Å². The fraction of sp³-hybridized carbons (Fsp3) is 0.214. The number of aryl methyl sites for hydroxylation is 1. The molecule has 0 aliphatic carbocycles.